The van der Waals surface area contributed by atoms with Crippen LogP contribution in [-0.2, 0) is 6.54 Å². The minimum atomic E-state index is 0.761. The highest BCUT2D eigenvalue weighted by atomic mass is 16.5. The molecule has 0 unspecified atom stereocenters. The summed E-state index contributed by atoms with van der Waals surface area (Å²) in [6.45, 7) is 3.63. The molecule has 0 saturated carbocycles. The molecule has 0 heterocycles. The van der Waals surface area contributed by atoms with Gasteiger partial charge in [-0.25, -0.2) is 0 Å². The minimum Gasteiger partial charge on any atom is -0.497 e. The van der Waals surface area contributed by atoms with E-state index in [0.717, 1.165) is 36.8 Å². The van der Waals surface area contributed by atoms with Gasteiger partial charge in [0.15, 0.2) is 0 Å². The summed E-state index contributed by atoms with van der Waals surface area (Å²) in [6.07, 6.45) is 1.02. The van der Waals surface area contributed by atoms with Crippen molar-refractivity contribution in [3.05, 3.63) is 54.1 Å². The average molecular weight is 271 g/mol. The maximum absolute atomic E-state index is 5.56. The molecule has 0 amide bonds. The molecule has 2 aromatic carbocycles. The lowest BCUT2D eigenvalue weighted by atomic mass is 10.2. The number of benzene rings is 2. The summed E-state index contributed by atoms with van der Waals surface area (Å²) in [5.41, 5.74) is 2.27. The van der Waals surface area contributed by atoms with E-state index in [1.54, 1.807) is 7.11 Å². The van der Waals surface area contributed by atoms with Crippen molar-refractivity contribution in [2.75, 3.05) is 19.0 Å². The molecule has 2 aromatic rings. The Morgan fingerprint density at radius 3 is 2.50 bits per heavy atom. The standard InChI is InChI=1S/C17H21NO2/c1-3-11-20-16-9-7-15(8-10-16)18-13-14-5-4-6-17(12-14)19-2/h4-10,12,18H,3,11,13H2,1-2H3. The Bertz CT molecular complexity index is 523. The van der Waals surface area contributed by atoms with E-state index >= 15 is 0 Å². The summed E-state index contributed by atoms with van der Waals surface area (Å²) in [5.74, 6) is 1.80. The SMILES string of the molecule is CCCOc1ccc(NCc2cccc(OC)c2)cc1. The van der Waals surface area contributed by atoms with Gasteiger partial charge in [-0.3, -0.25) is 0 Å². The van der Waals surface area contributed by atoms with E-state index in [4.69, 9.17) is 9.47 Å². The maximum atomic E-state index is 5.56. The number of nitrogens with one attached hydrogen (secondary N) is 1. The smallest absolute Gasteiger partial charge is 0.119 e. The molecule has 0 aromatic heterocycles. The number of methoxy groups -OCH3 is 1. The van der Waals surface area contributed by atoms with Crippen molar-refractivity contribution in [2.24, 2.45) is 0 Å². The second kappa shape index (κ2) is 7.43. The zero-order chi connectivity index (χ0) is 14.2. The van der Waals surface area contributed by atoms with Crippen LogP contribution < -0.4 is 14.8 Å². The molecular weight excluding hydrogens is 250 g/mol. The second-order valence-electron chi connectivity index (χ2n) is 4.58. The van der Waals surface area contributed by atoms with Gasteiger partial charge in [-0.1, -0.05) is 19.1 Å². The molecule has 3 nitrogen and oxygen atoms in total. The summed E-state index contributed by atoms with van der Waals surface area (Å²) in [6, 6.07) is 16.1. The molecule has 20 heavy (non-hydrogen) atoms. The van der Waals surface area contributed by atoms with Crippen LogP contribution in [0, 0.1) is 0 Å². The van der Waals surface area contributed by atoms with Gasteiger partial charge in [0.1, 0.15) is 11.5 Å². The van der Waals surface area contributed by atoms with Crippen LogP contribution >= 0.6 is 0 Å². The van der Waals surface area contributed by atoms with Gasteiger partial charge in [-0.2, -0.15) is 0 Å². The maximum Gasteiger partial charge on any atom is 0.119 e. The molecule has 0 aliphatic rings. The third kappa shape index (κ3) is 4.19. The molecule has 0 saturated heterocycles. The Balaban J connectivity index is 1.89. The first-order chi connectivity index (χ1) is 9.81. The molecule has 0 fully saturated rings. The van der Waals surface area contributed by atoms with Crippen LogP contribution in [0.15, 0.2) is 48.5 Å². The minimum absolute atomic E-state index is 0.761. The molecule has 0 bridgehead atoms. The Morgan fingerprint density at radius 2 is 1.80 bits per heavy atom. The fourth-order valence-electron chi connectivity index (χ4n) is 1.88. The highest BCUT2D eigenvalue weighted by Crippen LogP contribution is 2.18. The number of rotatable bonds is 7. The predicted octanol–water partition coefficient (Wildman–Crippen LogP) is 4.10. The van der Waals surface area contributed by atoms with Gasteiger partial charge >= 0.3 is 0 Å². The molecule has 1 N–H and O–H groups in total. The normalized spacial score (nSPS) is 10.1. The van der Waals surface area contributed by atoms with Crippen LogP contribution in [-0.4, -0.2) is 13.7 Å². The molecule has 106 valence electrons. The lowest BCUT2D eigenvalue weighted by Gasteiger charge is -2.09. The number of anilines is 1. The van der Waals surface area contributed by atoms with E-state index in [1.807, 2.05) is 42.5 Å². The van der Waals surface area contributed by atoms with Crippen molar-refractivity contribution in [2.45, 2.75) is 19.9 Å². The zero-order valence-electron chi connectivity index (χ0n) is 12.1. The monoisotopic (exact) mass is 271 g/mol. The van der Waals surface area contributed by atoms with Crippen LogP contribution in [0.25, 0.3) is 0 Å². The first kappa shape index (κ1) is 14.3. The van der Waals surface area contributed by atoms with Gasteiger partial charge in [0, 0.05) is 12.2 Å². The summed E-state index contributed by atoms with van der Waals surface area (Å²) >= 11 is 0. The van der Waals surface area contributed by atoms with Crippen molar-refractivity contribution in [3.8, 4) is 11.5 Å². The van der Waals surface area contributed by atoms with E-state index < -0.39 is 0 Å². The lowest BCUT2D eigenvalue weighted by molar-refractivity contribution is 0.317. The quantitative estimate of drug-likeness (QED) is 0.822. The molecule has 2 rings (SSSR count). The first-order valence-electron chi connectivity index (χ1n) is 6.91. The summed E-state index contributed by atoms with van der Waals surface area (Å²) in [4.78, 5) is 0. The van der Waals surface area contributed by atoms with E-state index in [1.165, 1.54) is 5.56 Å². The molecule has 3 heteroatoms. The Hall–Kier alpha value is -2.16. The van der Waals surface area contributed by atoms with Crippen LogP contribution in [0.5, 0.6) is 11.5 Å². The molecule has 0 radical (unpaired) electrons. The van der Waals surface area contributed by atoms with E-state index in [0.29, 0.717) is 0 Å². The van der Waals surface area contributed by atoms with Crippen molar-refractivity contribution < 1.29 is 9.47 Å². The Morgan fingerprint density at radius 1 is 1.00 bits per heavy atom. The average Bonchev–Trinajstić information content (AvgIpc) is 2.52. The van der Waals surface area contributed by atoms with Gasteiger partial charge in [0.2, 0.25) is 0 Å². The fraction of sp³-hybridized carbons (Fsp3) is 0.294. The molecule has 0 aliphatic heterocycles. The zero-order valence-corrected chi connectivity index (χ0v) is 12.1. The number of ether oxygens (including phenoxy) is 2. The lowest BCUT2D eigenvalue weighted by Crippen LogP contribution is -2.00. The van der Waals surface area contributed by atoms with Crippen LogP contribution in [0.1, 0.15) is 18.9 Å². The Labute approximate surface area is 120 Å². The fourth-order valence-corrected chi connectivity index (χ4v) is 1.88. The van der Waals surface area contributed by atoms with E-state index in [2.05, 4.69) is 18.3 Å². The van der Waals surface area contributed by atoms with Gasteiger partial charge in [0.05, 0.1) is 13.7 Å². The largest absolute Gasteiger partial charge is 0.497 e. The van der Waals surface area contributed by atoms with Gasteiger partial charge in [-0.15, -0.1) is 0 Å². The third-order valence-corrected chi connectivity index (χ3v) is 2.96. The summed E-state index contributed by atoms with van der Waals surface area (Å²) in [7, 11) is 1.68. The molecule has 0 spiro atoms. The van der Waals surface area contributed by atoms with Crippen LogP contribution in [0.4, 0.5) is 5.69 Å². The van der Waals surface area contributed by atoms with E-state index in [-0.39, 0.29) is 0 Å². The second-order valence-corrected chi connectivity index (χ2v) is 4.58. The van der Waals surface area contributed by atoms with Crippen molar-refractivity contribution in [3.63, 3.8) is 0 Å². The third-order valence-electron chi connectivity index (χ3n) is 2.96. The predicted molar refractivity (Wildman–Crippen MR) is 82.5 cm³/mol. The van der Waals surface area contributed by atoms with Gasteiger partial charge < -0.3 is 14.8 Å². The summed E-state index contributed by atoms with van der Waals surface area (Å²) in [5, 5.41) is 3.38. The van der Waals surface area contributed by atoms with E-state index in [9.17, 15) is 0 Å². The molecule has 0 atom stereocenters. The van der Waals surface area contributed by atoms with Gasteiger partial charge in [0.25, 0.3) is 0 Å². The van der Waals surface area contributed by atoms with Crippen LogP contribution in [0.3, 0.4) is 0 Å². The summed E-state index contributed by atoms with van der Waals surface area (Å²) < 4.78 is 10.8. The van der Waals surface area contributed by atoms with Gasteiger partial charge in [-0.05, 0) is 48.4 Å². The van der Waals surface area contributed by atoms with Crippen LogP contribution in [0.2, 0.25) is 0 Å². The van der Waals surface area contributed by atoms with Crippen molar-refractivity contribution >= 4 is 5.69 Å². The Kier molecular flexibility index (Phi) is 5.30. The molecule has 0 aliphatic carbocycles. The van der Waals surface area contributed by atoms with Crippen molar-refractivity contribution in [1.29, 1.82) is 0 Å². The molecular formula is C17H21NO2. The number of hydrogen-bond acceptors (Lipinski definition) is 3. The highest BCUT2D eigenvalue weighted by molar-refractivity contribution is 5.47. The number of hydrogen-bond donors (Lipinski definition) is 1. The topological polar surface area (TPSA) is 30.5 Å². The van der Waals surface area contributed by atoms with Crippen molar-refractivity contribution in [1.82, 2.24) is 0 Å². The first-order valence-corrected chi connectivity index (χ1v) is 6.91. The highest BCUT2D eigenvalue weighted by Gasteiger charge is 1.98.